The lowest BCUT2D eigenvalue weighted by molar-refractivity contribution is 0.959. The lowest BCUT2D eigenvalue weighted by atomic mass is 10.1. The van der Waals surface area contributed by atoms with Crippen molar-refractivity contribution >= 4 is 23.3 Å². The third kappa shape index (κ3) is 7.20. The summed E-state index contributed by atoms with van der Waals surface area (Å²) < 4.78 is 0. The molecule has 0 unspecified atom stereocenters. The second-order valence-corrected chi connectivity index (χ2v) is 3.64. The molecule has 0 amide bonds. The molecule has 0 aromatic rings. The Kier molecular flexibility index (Phi) is 7.91. The first-order chi connectivity index (χ1) is 8.51. The summed E-state index contributed by atoms with van der Waals surface area (Å²) in [6.07, 6.45) is 3.19. The maximum atomic E-state index is 5.25. The Morgan fingerprint density at radius 3 is 1.22 bits per heavy atom. The summed E-state index contributed by atoms with van der Waals surface area (Å²) >= 11 is 0. The van der Waals surface area contributed by atoms with Crippen molar-refractivity contribution in [3.63, 3.8) is 0 Å². The molecule has 0 radical (unpaired) electrons. The predicted molar refractivity (Wildman–Crippen MR) is 76.3 cm³/mol. The van der Waals surface area contributed by atoms with Gasteiger partial charge in [0.15, 0.2) is 0 Å². The van der Waals surface area contributed by atoms with Crippen molar-refractivity contribution in [2.45, 2.75) is 39.5 Å². The van der Waals surface area contributed by atoms with E-state index in [2.05, 4.69) is 20.4 Å². The zero-order valence-corrected chi connectivity index (χ0v) is 10.9. The van der Waals surface area contributed by atoms with Gasteiger partial charge in [0.05, 0.1) is 11.4 Å². The van der Waals surface area contributed by atoms with Crippen molar-refractivity contribution in [2.24, 2.45) is 43.3 Å². The van der Waals surface area contributed by atoms with Crippen LogP contribution in [0.4, 0.5) is 0 Å². The van der Waals surface area contributed by atoms with E-state index in [0.717, 1.165) is 12.8 Å². The molecule has 18 heavy (non-hydrogen) atoms. The molecule has 0 aromatic carbocycles. The maximum absolute atomic E-state index is 5.25. The van der Waals surface area contributed by atoms with Crippen molar-refractivity contribution < 1.29 is 0 Å². The number of hydrogen-bond donors (Lipinski definition) is 4. The summed E-state index contributed by atoms with van der Waals surface area (Å²) in [5, 5.41) is 15.2. The number of nitrogens with two attached hydrogens (primary N) is 4. The fourth-order valence-electron chi connectivity index (χ4n) is 1.21. The van der Waals surface area contributed by atoms with Crippen LogP contribution in [-0.2, 0) is 0 Å². The average Bonchev–Trinajstić information content (AvgIpc) is 2.29. The monoisotopic (exact) mass is 254 g/mol. The predicted octanol–water partition coefficient (Wildman–Crippen LogP) is -0.155. The van der Waals surface area contributed by atoms with E-state index in [4.69, 9.17) is 22.9 Å². The molecule has 0 rings (SSSR count). The molecule has 102 valence electrons. The van der Waals surface area contributed by atoms with Gasteiger partial charge in [0.25, 0.3) is 0 Å². The van der Waals surface area contributed by atoms with E-state index < -0.39 is 0 Å². The van der Waals surface area contributed by atoms with Gasteiger partial charge in [0.1, 0.15) is 0 Å². The molecule has 0 aliphatic carbocycles. The Labute approximate surface area is 107 Å². The lowest BCUT2D eigenvalue weighted by Gasteiger charge is -2.05. The van der Waals surface area contributed by atoms with Crippen molar-refractivity contribution in [3.05, 3.63) is 0 Å². The van der Waals surface area contributed by atoms with Gasteiger partial charge in [-0.15, -0.1) is 10.2 Å². The normalized spacial score (nSPS) is 12.1. The summed E-state index contributed by atoms with van der Waals surface area (Å²) in [7, 11) is 0. The van der Waals surface area contributed by atoms with Crippen LogP contribution in [0.15, 0.2) is 20.4 Å². The molecule has 0 saturated carbocycles. The fraction of sp³-hybridized carbons (Fsp3) is 0.600. The fourth-order valence-corrected chi connectivity index (χ4v) is 1.21. The zero-order valence-electron chi connectivity index (χ0n) is 10.9. The summed E-state index contributed by atoms with van der Waals surface area (Å²) in [5.74, 6) is -0.192. The SMILES string of the molecule is CCCC(=NN=C(N)N)C(CCC)=NN=C(N)N. The van der Waals surface area contributed by atoms with E-state index >= 15 is 0 Å². The Hall–Kier alpha value is -2.12. The Bertz CT molecular complexity index is 322. The maximum Gasteiger partial charge on any atom is 0.211 e. The second-order valence-electron chi connectivity index (χ2n) is 3.64. The van der Waals surface area contributed by atoms with Crippen LogP contribution >= 0.6 is 0 Å². The van der Waals surface area contributed by atoms with Gasteiger partial charge in [-0.1, -0.05) is 26.7 Å². The minimum absolute atomic E-state index is 0.0960. The molecular formula is C10H22N8. The molecule has 0 heterocycles. The number of rotatable bonds is 7. The van der Waals surface area contributed by atoms with Crippen LogP contribution in [-0.4, -0.2) is 23.3 Å². The summed E-state index contributed by atoms with van der Waals surface area (Å²) in [6, 6.07) is 0. The summed E-state index contributed by atoms with van der Waals surface area (Å²) in [4.78, 5) is 0. The molecule has 0 fully saturated rings. The smallest absolute Gasteiger partial charge is 0.211 e. The molecule has 0 bridgehead atoms. The third-order valence-electron chi connectivity index (χ3n) is 1.88. The molecule has 0 saturated heterocycles. The standard InChI is InChI=1S/C10H22N8/c1-3-5-7(15-17-9(11)12)8(6-4-2)16-18-10(13)14/h3-6H2,1-2H3,(H4,11,12,17)(H4,13,14,18). The van der Waals surface area contributed by atoms with Gasteiger partial charge in [0, 0.05) is 0 Å². The molecule has 0 atom stereocenters. The van der Waals surface area contributed by atoms with Crippen LogP contribution in [0.3, 0.4) is 0 Å². The van der Waals surface area contributed by atoms with Gasteiger partial charge < -0.3 is 22.9 Å². The number of nitrogens with zero attached hydrogens (tertiary/aromatic N) is 4. The van der Waals surface area contributed by atoms with Gasteiger partial charge in [-0.05, 0) is 12.8 Å². The molecule has 8 nitrogen and oxygen atoms in total. The van der Waals surface area contributed by atoms with Crippen LogP contribution in [0.2, 0.25) is 0 Å². The van der Waals surface area contributed by atoms with E-state index in [1.807, 2.05) is 13.8 Å². The van der Waals surface area contributed by atoms with Gasteiger partial charge in [-0.3, -0.25) is 0 Å². The largest absolute Gasteiger partial charge is 0.369 e. The minimum Gasteiger partial charge on any atom is -0.369 e. The van der Waals surface area contributed by atoms with Crippen LogP contribution < -0.4 is 22.9 Å². The van der Waals surface area contributed by atoms with Crippen LogP contribution in [0.25, 0.3) is 0 Å². The van der Waals surface area contributed by atoms with Crippen LogP contribution in [0, 0.1) is 0 Å². The first-order valence-electron chi connectivity index (χ1n) is 5.82. The Morgan fingerprint density at radius 2 is 1.00 bits per heavy atom. The van der Waals surface area contributed by atoms with Crippen molar-refractivity contribution in [1.29, 1.82) is 0 Å². The minimum atomic E-state index is -0.0960. The van der Waals surface area contributed by atoms with E-state index in [-0.39, 0.29) is 11.9 Å². The average molecular weight is 254 g/mol. The Morgan fingerprint density at radius 1 is 0.667 bits per heavy atom. The highest BCUT2D eigenvalue weighted by atomic mass is 15.3. The van der Waals surface area contributed by atoms with Crippen molar-refractivity contribution in [2.75, 3.05) is 0 Å². The first kappa shape index (κ1) is 15.9. The summed E-state index contributed by atoms with van der Waals surface area (Å²) in [5.41, 5.74) is 22.4. The third-order valence-corrected chi connectivity index (χ3v) is 1.88. The van der Waals surface area contributed by atoms with E-state index in [1.54, 1.807) is 0 Å². The topological polar surface area (TPSA) is 154 Å². The first-order valence-corrected chi connectivity index (χ1v) is 5.82. The highest BCUT2D eigenvalue weighted by Gasteiger charge is 2.08. The van der Waals surface area contributed by atoms with Gasteiger partial charge in [-0.25, -0.2) is 0 Å². The number of guanidine groups is 2. The molecule has 0 aromatic heterocycles. The zero-order chi connectivity index (χ0) is 14.0. The van der Waals surface area contributed by atoms with Crippen molar-refractivity contribution in [3.8, 4) is 0 Å². The lowest BCUT2D eigenvalue weighted by Crippen LogP contribution is -2.23. The summed E-state index contributed by atoms with van der Waals surface area (Å²) in [6.45, 7) is 4.05. The molecule has 0 aliphatic heterocycles. The molecule has 0 aliphatic rings. The van der Waals surface area contributed by atoms with E-state index in [0.29, 0.717) is 24.3 Å². The molecule has 8 heteroatoms. The van der Waals surface area contributed by atoms with Gasteiger partial charge >= 0.3 is 0 Å². The van der Waals surface area contributed by atoms with Gasteiger partial charge in [-0.2, -0.15) is 10.2 Å². The van der Waals surface area contributed by atoms with Crippen LogP contribution in [0.5, 0.6) is 0 Å². The quantitative estimate of drug-likeness (QED) is 0.283. The molecule has 0 spiro atoms. The molecule has 8 N–H and O–H groups in total. The van der Waals surface area contributed by atoms with E-state index in [1.165, 1.54) is 0 Å². The van der Waals surface area contributed by atoms with Crippen molar-refractivity contribution in [1.82, 2.24) is 0 Å². The molecular weight excluding hydrogens is 232 g/mol. The highest BCUT2D eigenvalue weighted by Crippen LogP contribution is 2.03. The highest BCUT2D eigenvalue weighted by molar-refractivity contribution is 6.42. The second kappa shape index (κ2) is 8.97. The van der Waals surface area contributed by atoms with E-state index in [9.17, 15) is 0 Å². The number of hydrogen-bond acceptors (Lipinski definition) is 4. The van der Waals surface area contributed by atoms with Crippen LogP contribution in [0.1, 0.15) is 39.5 Å². The Balaban J connectivity index is 5.22. The van der Waals surface area contributed by atoms with Gasteiger partial charge in [0.2, 0.25) is 11.9 Å².